The van der Waals surface area contributed by atoms with Crippen molar-refractivity contribution in [2.75, 3.05) is 50.1 Å². The second-order valence-electron chi connectivity index (χ2n) is 5.99. The van der Waals surface area contributed by atoms with Gasteiger partial charge in [-0.05, 0) is 31.2 Å². The number of anilines is 2. The summed E-state index contributed by atoms with van der Waals surface area (Å²) < 4.78 is 9.81. The lowest BCUT2D eigenvalue weighted by molar-refractivity contribution is -0.142. The summed E-state index contributed by atoms with van der Waals surface area (Å²) in [5.41, 5.74) is 1.37. The topological polar surface area (TPSA) is 92.8 Å². The van der Waals surface area contributed by atoms with Gasteiger partial charge in [-0.3, -0.25) is 4.79 Å². The van der Waals surface area contributed by atoms with Gasteiger partial charge in [0.05, 0.1) is 12.8 Å². The van der Waals surface area contributed by atoms with E-state index in [0.717, 1.165) is 37.0 Å². The van der Waals surface area contributed by atoms with Crippen LogP contribution in [0.4, 0.5) is 10.8 Å². The molecule has 144 valence electrons. The molecule has 3 rings (SSSR count). The monoisotopic (exact) mass is 390 g/mol. The molecule has 0 spiro atoms. The van der Waals surface area contributed by atoms with Crippen molar-refractivity contribution in [3.63, 3.8) is 0 Å². The number of thiazole rings is 1. The third kappa shape index (κ3) is 4.95. The Morgan fingerprint density at radius 1 is 1.26 bits per heavy atom. The first kappa shape index (κ1) is 19.1. The number of amides is 1. The summed E-state index contributed by atoms with van der Waals surface area (Å²) in [4.78, 5) is 31.0. The van der Waals surface area contributed by atoms with Gasteiger partial charge in [-0.2, -0.15) is 0 Å². The maximum Gasteiger partial charge on any atom is 0.343 e. The number of carbonyl (C=O) groups excluding carboxylic acids is 2. The molecule has 1 aromatic heterocycles. The van der Waals surface area contributed by atoms with Gasteiger partial charge in [0.25, 0.3) is 5.91 Å². The quantitative estimate of drug-likeness (QED) is 0.725. The number of aromatic nitrogens is 1. The first-order valence-corrected chi connectivity index (χ1v) is 9.42. The zero-order valence-electron chi connectivity index (χ0n) is 15.3. The third-order valence-corrected chi connectivity index (χ3v) is 5.29. The molecule has 9 heteroatoms. The summed E-state index contributed by atoms with van der Waals surface area (Å²) in [5.74, 6) is -0.115. The van der Waals surface area contributed by atoms with E-state index in [2.05, 4.69) is 25.3 Å². The van der Waals surface area contributed by atoms with Crippen molar-refractivity contribution in [3.8, 4) is 5.75 Å². The molecule has 1 saturated heterocycles. The molecule has 1 aliphatic rings. The van der Waals surface area contributed by atoms with E-state index >= 15 is 0 Å². The van der Waals surface area contributed by atoms with E-state index in [1.54, 1.807) is 24.3 Å². The van der Waals surface area contributed by atoms with Crippen LogP contribution in [0.15, 0.2) is 24.3 Å². The highest BCUT2D eigenvalue weighted by Gasteiger charge is 2.20. The van der Waals surface area contributed by atoms with Crippen molar-refractivity contribution in [1.82, 2.24) is 10.3 Å². The van der Waals surface area contributed by atoms with Crippen molar-refractivity contribution < 1.29 is 19.1 Å². The van der Waals surface area contributed by atoms with Gasteiger partial charge >= 0.3 is 5.97 Å². The van der Waals surface area contributed by atoms with E-state index < -0.39 is 5.97 Å². The average molecular weight is 390 g/mol. The van der Waals surface area contributed by atoms with Crippen molar-refractivity contribution in [3.05, 3.63) is 34.8 Å². The molecule has 1 aromatic carbocycles. The summed E-state index contributed by atoms with van der Waals surface area (Å²) in [5, 5.41) is 7.06. The Hall–Kier alpha value is -2.65. The number of carbonyl (C=O) groups is 2. The number of benzene rings is 1. The molecule has 27 heavy (non-hydrogen) atoms. The van der Waals surface area contributed by atoms with E-state index in [-0.39, 0.29) is 12.5 Å². The molecular formula is C18H22N4O4S. The molecule has 0 radical (unpaired) electrons. The molecule has 0 bridgehead atoms. The van der Waals surface area contributed by atoms with Crippen LogP contribution in [0.25, 0.3) is 0 Å². The number of hydrogen-bond donors (Lipinski definition) is 2. The van der Waals surface area contributed by atoms with Crippen LogP contribution in [0.2, 0.25) is 0 Å². The zero-order chi connectivity index (χ0) is 19.2. The van der Waals surface area contributed by atoms with E-state index in [0.29, 0.717) is 16.3 Å². The second-order valence-corrected chi connectivity index (χ2v) is 6.97. The summed E-state index contributed by atoms with van der Waals surface area (Å²) in [6.07, 6.45) is 0. The average Bonchev–Trinajstić information content (AvgIpc) is 3.09. The number of hydrogen-bond acceptors (Lipinski definition) is 8. The third-order valence-electron chi connectivity index (χ3n) is 4.08. The number of piperazine rings is 1. The summed E-state index contributed by atoms with van der Waals surface area (Å²) in [6, 6.07) is 6.81. The van der Waals surface area contributed by atoms with Crippen molar-refractivity contribution >= 4 is 34.0 Å². The molecule has 0 unspecified atom stereocenters. The van der Waals surface area contributed by atoms with Crippen LogP contribution in [0, 0.1) is 6.92 Å². The minimum absolute atomic E-state index is 0.156. The molecule has 0 saturated carbocycles. The highest BCUT2D eigenvalue weighted by Crippen LogP contribution is 2.27. The number of nitrogens with zero attached hydrogens (tertiary/aromatic N) is 2. The van der Waals surface area contributed by atoms with Crippen LogP contribution in [-0.2, 0) is 9.53 Å². The fourth-order valence-corrected chi connectivity index (χ4v) is 3.62. The fourth-order valence-electron chi connectivity index (χ4n) is 2.61. The number of esters is 1. The Balaban J connectivity index is 1.61. The number of nitrogens with one attached hydrogen (secondary N) is 2. The van der Waals surface area contributed by atoms with Crippen LogP contribution in [-0.4, -0.2) is 56.8 Å². The molecule has 2 N–H and O–H groups in total. The Bertz CT molecular complexity index is 800. The highest BCUT2D eigenvalue weighted by atomic mass is 32.1. The summed E-state index contributed by atoms with van der Waals surface area (Å²) in [7, 11) is 1.30. The number of ether oxygens (including phenoxy) is 2. The Kier molecular flexibility index (Phi) is 6.25. The molecule has 2 aromatic rings. The predicted molar refractivity (Wildman–Crippen MR) is 104 cm³/mol. The minimum atomic E-state index is -0.451. The molecular weight excluding hydrogens is 368 g/mol. The number of aryl methyl sites for hydroxylation is 1. The van der Waals surface area contributed by atoms with Crippen LogP contribution in [0.1, 0.15) is 15.4 Å². The normalized spacial score (nSPS) is 13.9. The van der Waals surface area contributed by atoms with Gasteiger partial charge < -0.3 is 25.0 Å². The van der Waals surface area contributed by atoms with Crippen LogP contribution in [0.3, 0.4) is 0 Å². The van der Waals surface area contributed by atoms with Crippen molar-refractivity contribution in [1.29, 1.82) is 0 Å². The molecule has 0 aliphatic carbocycles. The van der Waals surface area contributed by atoms with E-state index in [4.69, 9.17) is 4.74 Å². The zero-order valence-corrected chi connectivity index (χ0v) is 16.1. The van der Waals surface area contributed by atoms with E-state index in [1.165, 1.54) is 18.4 Å². The maximum atomic E-state index is 12.6. The standard InChI is InChI=1S/C18H22N4O4S/c1-12-16(27-18(20-12)22-9-7-19-8-10-22)17(24)21-13-3-5-14(6-4-13)26-11-15(23)25-2/h3-6,19H,7-11H2,1-2H3,(H,21,24). The Morgan fingerprint density at radius 3 is 2.63 bits per heavy atom. The van der Waals surface area contributed by atoms with Gasteiger partial charge in [-0.1, -0.05) is 11.3 Å². The van der Waals surface area contributed by atoms with Gasteiger partial charge in [-0.25, -0.2) is 9.78 Å². The highest BCUT2D eigenvalue weighted by molar-refractivity contribution is 7.17. The molecule has 1 aliphatic heterocycles. The van der Waals surface area contributed by atoms with Crippen LogP contribution < -0.4 is 20.3 Å². The van der Waals surface area contributed by atoms with Gasteiger partial charge in [0.2, 0.25) is 0 Å². The van der Waals surface area contributed by atoms with Gasteiger partial charge in [0, 0.05) is 31.9 Å². The SMILES string of the molecule is COC(=O)COc1ccc(NC(=O)c2sc(N3CCNCC3)nc2C)cc1. The lowest BCUT2D eigenvalue weighted by Gasteiger charge is -2.26. The molecule has 2 heterocycles. The summed E-state index contributed by atoms with van der Waals surface area (Å²) >= 11 is 1.41. The maximum absolute atomic E-state index is 12.6. The van der Waals surface area contributed by atoms with Crippen molar-refractivity contribution in [2.45, 2.75) is 6.92 Å². The molecule has 0 atom stereocenters. The lowest BCUT2D eigenvalue weighted by atomic mass is 10.3. The number of rotatable bonds is 6. The largest absolute Gasteiger partial charge is 0.482 e. The van der Waals surface area contributed by atoms with Gasteiger partial charge in [0.15, 0.2) is 11.7 Å². The lowest BCUT2D eigenvalue weighted by Crippen LogP contribution is -2.43. The Morgan fingerprint density at radius 2 is 1.96 bits per heavy atom. The van der Waals surface area contributed by atoms with E-state index in [9.17, 15) is 9.59 Å². The van der Waals surface area contributed by atoms with Gasteiger partial charge in [0.1, 0.15) is 10.6 Å². The number of methoxy groups -OCH3 is 1. The molecule has 8 nitrogen and oxygen atoms in total. The molecule has 1 fully saturated rings. The fraction of sp³-hybridized carbons (Fsp3) is 0.389. The predicted octanol–water partition coefficient (Wildman–Crippen LogP) is 1.67. The Labute approximate surface area is 161 Å². The smallest absolute Gasteiger partial charge is 0.343 e. The minimum Gasteiger partial charge on any atom is -0.482 e. The van der Waals surface area contributed by atoms with Crippen LogP contribution in [0.5, 0.6) is 5.75 Å². The second kappa shape index (κ2) is 8.83. The van der Waals surface area contributed by atoms with Crippen LogP contribution >= 0.6 is 11.3 Å². The van der Waals surface area contributed by atoms with Gasteiger partial charge in [-0.15, -0.1) is 0 Å². The van der Waals surface area contributed by atoms with E-state index in [1.807, 2.05) is 6.92 Å². The summed E-state index contributed by atoms with van der Waals surface area (Å²) in [6.45, 7) is 5.31. The van der Waals surface area contributed by atoms with Crippen molar-refractivity contribution in [2.24, 2.45) is 0 Å². The molecule has 1 amide bonds. The first-order valence-electron chi connectivity index (χ1n) is 8.61. The first-order chi connectivity index (χ1) is 13.1.